The minimum absolute atomic E-state index is 0.00347. The molecule has 124 valence electrons. The average Bonchev–Trinajstić information content (AvgIpc) is 2.85. The van der Waals surface area contributed by atoms with Crippen LogP contribution >= 0.6 is 0 Å². The van der Waals surface area contributed by atoms with Crippen molar-refractivity contribution in [1.82, 2.24) is 15.5 Å². The Morgan fingerprint density at radius 2 is 2.00 bits per heavy atom. The molecule has 6 nitrogen and oxygen atoms in total. The number of amides is 1. The Balaban J connectivity index is 1.93. The molecule has 0 bridgehead atoms. The third-order valence-corrected chi connectivity index (χ3v) is 4.07. The number of nitrogens with one attached hydrogen (secondary N) is 2. The lowest BCUT2D eigenvalue weighted by atomic mass is 10.1. The Morgan fingerprint density at radius 3 is 2.67 bits per heavy atom. The summed E-state index contributed by atoms with van der Waals surface area (Å²) in [7, 11) is 0. The van der Waals surface area contributed by atoms with Gasteiger partial charge in [-0.15, -0.1) is 0 Å². The van der Waals surface area contributed by atoms with Crippen molar-refractivity contribution in [1.29, 1.82) is 0 Å². The second-order valence-corrected chi connectivity index (χ2v) is 6.02. The third kappa shape index (κ3) is 2.82. The monoisotopic (exact) mass is 325 g/mol. The Kier molecular flexibility index (Phi) is 3.97. The molecule has 2 aromatic heterocycles. The lowest BCUT2D eigenvalue weighted by molar-refractivity contribution is 0.0912. The molecule has 3 aromatic rings. The third-order valence-electron chi connectivity index (χ3n) is 4.07. The summed E-state index contributed by atoms with van der Waals surface area (Å²) in [5.41, 5.74) is 3.80. The van der Waals surface area contributed by atoms with E-state index in [1.807, 2.05) is 33.8 Å². The van der Waals surface area contributed by atoms with Gasteiger partial charge in [-0.3, -0.25) is 14.7 Å². The van der Waals surface area contributed by atoms with E-state index < -0.39 is 5.91 Å². The van der Waals surface area contributed by atoms with Gasteiger partial charge in [0.05, 0.1) is 17.1 Å². The minimum Gasteiger partial charge on any atom is -0.451 e. The zero-order valence-corrected chi connectivity index (χ0v) is 14.1. The molecule has 6 heteroatoms. The van der Waals surface area contributed by atoms with Crippen LogP contribution in [0.3, 0.4) is 0 Å². The molecule has 3 rings (SSSR count). The molecule has 1 aromatic carbocycles. The highest BCUT2D eigenvalue weighted by atomic mass is 16.3. The van der Waals surface area contributed by atoms with Crippen LogP contribution in [0, 0.1) is 20.8 Å². The minimum atomic E-state index is -0.428. The SMILES string of the molecule is Cc1ccc2c(=O)cc(C(=O)NC(C)c3c(C)n[nH]c3C)oc2c1. The number of H-pyrrole nitrogens is 1. The van der Waals surface area contributed by atoms with Gasteiger partial charge in [0.1, 0.15) is 5.58 Å². The second-order valence-electron chi connectivity index (χ2n) is 6.02. The van der Waals surface area contributed by atoms with Crippen molar-refractivity contribution in [3.05, 3.63) is 62.8 Å². The molecule has 0 saturated heterocycles. The fourth-order valence-electron chi connectivity index (χ4n) is 2.91. The van der Waals surface area contributed by atoms with Crippen LogP contribution in [0.2, 0.25) is 0 Å². The molecular formula is C18H19N3O3. The Hall–Kier alpha value is -2.89. The highest BCUT2D eigenvalue weighted by Crippen LogP contribution is 2.20. The summed E-state index contributed by atoms with van der Waals surface area (Å²) >= 11 is 0. The van der Waals surface area contributed by atoms with E-state index in [2.05, 4.69) is 15.5 Å². The molecule has 1 unspecified atom stereocenters. The summed E-state index contributed by atoms with van der Waals surface area (Å²) in [6, 6.07) is 6.27. The zero-order valence-electron chi connectivity index (χ0n) is 14.1. The van der Waals surface area contributed by atoms with Crippen LogP contribution in [0.15, 0.2) is 33.5 Å². The van der Waals surface area contributed by atoms with Crippen molar-refractivity contribution in [3.8, 4) is 0 Å². The van der Waals surface area contributed by atoms with Gasteiger partial charge >= 0.3 is 0 Å². The quantitative estimate of drug-likeness (QED) is 0.775. The number of rotatable bonds is 3. The van der Waals surface area contributed by atoms with Crippen molar-refractivity contribution >= 4 is 16.9 Å². The molecule has 24 heavy (non-hydrogen) atoms. The van der Waals surface area contributed by atoms with E-state index in [0.717, 1.165) is 22.5 Å². The number of aromatic amines is 1. The van der Waals surface area contributed by atoms with Gasteiger partial charge in [0, 0.05) is 17.3 Å². The number of fused-ring (bicyclic) bond motifs is 1. The number of carbonyl (C=O) groups is 1. The van der Waals surface area contributed by atoms with Gasteiger partial charge in [-0.05, 0) is 45.4 Å². The molecule has 0 radical (unpaired) electrons. The first-order valence-electron chi connectivity index (χ1n) is 7.73. The highest BCUT2D eigenvalue weighted by Gasteiger charge is 2.19. The molecule has 1 atom stereocenters. The van der Waals surface area contributed by atoms with Gasteiger partial charge < -0.3 is 9.73 Å². The Morgan fingerprint density at radius 1 is 1.25 bits per heavy atom. The molecule has 2 N–H and O–H groups in total. The van der Waals surface area contributed by atoms with Gasteiger partial charge in [-0.1, -0.05) is 6.07 Å². The maximum absolute atomic E-state index is 12.5. The van der Waals surface area contributed by atoms with Crippen molar-refractivity contribution in [3.63, 3.8) is 0 Å². The molecule has 0 aliphatic rings. The predicted octanol–water partition coefficient (Wildman–Crippen LogP) is 2.93. The maximum atomic E-state index is 12.5. The number of benzene rings is 1. The number of aryl methyl sites for hydroxylation is 3. The first-order valence-corrected chi connectivity index (χ1v) is 7.73. The summed E-state index contributed by atoms with van der Waals surface area (Å²) in [4.78, 5) is 24.7. The highest BCUT2D eigenvalue weighted by molar-refractivity contribution is 5.93. The largest absolute Gasteiger partial charge is 0.451 e. The number of hydrogen-bond acceptors (Lipinski definition) is 4. The summed E-state index contributed by atoms with van der Waals surface area (Å²) in [5, 5.41) is 10.3. The fourth-order valence-corrected chi connectivity index (χ4v) is 2.91. The topological polar surface area (TPSA) is 88.0 Å². The van der Waals surface area contributed by atoms with E-state index >= 15 is 0 Å². The fraction of sp³-hybridized carbons (Fsp3) is 0.278. The Bertz CT molecular complexity index is 965. The number of nitrogens with zero attached hydrogens (tertiary/aromatic N) is 1. The first-order chi connectivity index (χ1) is 11.4. The normalized spacial score (nSPS) is 12.3. The molecular weight excluding hydrogens is 306 g/mol. The zero-order chi connectivity index (χ0) is 17.4. The van der Waals surface area contributed by atoms with E-state index in [1.165, 1.54) is 6.07 Å². The molecule has 1 amide bonds. The van der Waals surface area contributed by atoms with Crippen LogP contribution in [0.1, 0.15) is 46.0 Å². The lowest BCUT2D eigenvalue weighted by Crippen LogP contribution is -2.28. The van der Waals surface area contributed by atoms with Gasteiger partial charge in [-0.25, -0.2) is 0 Å². The maximum Gasteiger partial charge on any atom is 0.287 e. The van der Waals surface area contributed by atoms with Crippen LogP contribution in [-0.2, 0) is 0 Å². The number of carbonyl (C=O) groups excluding carboxylic acids is 1. The van der Waals surface area contributed by atoms with Crippen molar-refractivity contribution in [2.45, 2.75) is 33.7 Å². The number of hydrogen-bond donors (Lipinski definition) is 2. The van der Waals surface area contributed by atoms with Gasteiger partial charge in [0.2, 0.25) is 0 Å². The molecule has 2 heterocycles. The molecule has 0 aliphatic heterocycles. The van der Waals surface area contributed by atoms with Gasteiger partial charge in [0.25, 0.3) is 5.91 Å². The predicted molar refractivity (Wildman–Crippen MR) is 91.2 cm³/mol. The van der Waals surface area contributed by atoms with Gasteiger partial charge in [0.15, 0.2) is 11.2 Å². The van der Waals surface area contributed by atoms with Crippen molar-refractivity contribution in [2.75, 3.05) is 0 Å². The van der Waals surface area contributed by atoms with Crippen LogP contribution in [-0.4, -0.2) is 16.1 Å². The van der Waals surface area contributed by atoms with Crippen molar-refractivity contribution < 1.29 is 9.21 Å². The van der Waals surface area contributed by atoms with Crippen molar-refractivity contribution in [2.24, 2.45) is 0 Å². The van der Waals surface area contributed by atoms with E-state index in [-0.39, 0.29) is 17.2 Å². The first kappa shape index (κ1) is 16.0. The smallest absolute Gasteiger partial charge is 0.287 e. The van der Waals surface area contributed by atoms with Crippen LogP contribution in [0.5, 0.6) is 0 Å². The van der Waals surface area contributed by atoms with E-state index in [9.17, 15) is 9.59 Å². The lowest BCUT2D eigenvalue weighted by Gasteiger charge is -2.14. The molecule has 0 spiro atoms. The van der Waals surface area contributed by atoms with E-state index in [0.29, 0.717) is 11.0 Å². The average molecular weight is 325 g/mol. The summed E-state index contributed by atoms with van der Waals surface area (Å²) in [6.45, 7) is 7.54. The summed E-state index contributed by atoms with van der Waals surface area (Å²) in [5.74, 6) is -0.424. The van der Waals surface area contributed by atoms with E-state index in [1.54, 1.807) is 12.1 Å². The van der Waals surface area contributed by atoms with E-state index in [4.69, 9.17) is 4.42 Å². The number of aromatic nitrogens is 2. The van der Waals surface area contributed by atoms with Crippen LogP contribution in [0.25, 0.3) is 11.0 Å². The van der Waals surface area contributed by atoms with Crippen LogP contribution in [0.4, 0.5) is 0 Å². The standard InChI is InChI=1S/C18H19N3O3/c1-9-5-6-13-14(22)8-16(24-15(13)7-9)18(23)19-10(2)17-11(3)20-21-12(17)4/h5-8,10H,1-4H3,(H,19,23)(H,20,21). The van der Waals surface area contributed by atoms with Crippen LogP contribution < -0.4 is 10.7 Å². The molecule has 0 aliphatic carbocycles. The molecule has 0 saturated carbocycles. The van der Waals surface area contributed by atoms with Gasteiger partial charge in [-0.2, -0.15) is 5.10 Å². The summed E-state index contributed by atoms with van der Waals surface area (Å²) < 4.78 is 5.63. The molecule has 0 fully saturated rings. The Labute approximate surface area is 138 Å². The summed E-state index contributed by atoms with van der Waals surface area (Å²) in [6.07, 6.45) is 0. The second kappa shape index (κ2) is 5.96.